The molecule has 0 amide bonds. The number of halogens is 1. The van der Waals surface area contributed by atoms with Gasteiger partial charge in [-0.1, -0.05) is 15.9 Å². The standard InChI is InChI=1S/C9H11BrN2O3S/c1-15-9-3-2-7(10)6-8(9)11-16(13,14)12-4-5-12/h2-3,6,11H,4-5H2,1H3. The predicted octanol–water partition coefficient (Wildman–Crippen LogP) is 1.43. The van der Waals surface area contributed by atoms with E-state index in [-0.39, 0.29) is 0 Å². The van der Waals surface area contributed by atoms with Crippen LogP contribution in [-0.2, 0) is 10.2 Å². The molecule has 0 bridgehead atoms. The summed E-state index contributed by atoms with van der Waals surface area (Å²) in [6.45, 7) is 1.15. The third kappa shape index (κ3) is 2.47. The SMILES string of the molecule is COc1ccc(Br)cc1NS(=O)(=O)N1CC1. The second-order valence-corrected chi connectivity index (χ2v) is 5.94. The Morgan fingerprint density at radius 2 is 2.12 bits per heavy atom. The van der Waals surface area contributed by atoms with Crippen molar-refractivity contribution in [2.24, 2.45) is 0 Å². The minimum atomic E-state index is -3.41. The van der Waals surface area contributed by atoms with Gasteiger partial charge in [0.15, 0.2) is 0 Å². The lowest BCUT2D eigenvalue weighted by atomic mass is 10.3. The molecule has 0 spiro atoms. The molecule has 88 valence electrons. The first-order valence-corrected chi connectivity index (χ1v) is 6.87. The number of rotatable bonds is 4. The van der Waals surface area contributed by atoms with Crippen molar-refractivity contribution in [3.05, 3.63) is 22.7 Å². The smallest absolute Gasteiger partial charge is 0.301 e. The van der Waals surface area contributed by atoms with Gasteiger partial charge in [0.05, 0.1) is 12.8 Å². The Morgan fingerprint density at radius 1 is 1.44 bits per heavy atom. The molecule has 0 saturated carbocycles. The molecule has 0 aliphatic carbocycles. The van der Waals surface area contributed by atoms with Crippen molar-refractivity contribution in [3.63, 3.8) is 0 Å². The van der Waals surface area contributed by atoms with Crippen molar-refractivity contribution in [1.82, 2.24) is 4.31 Å². The highest BCUT2D eigenvalue weighted by Crippen LogP contribution is 2.29. The molecule has 0 aromatic heterocycles. The van der Waals surface area contributed by atoms with Gasteiger partial charge in [-0.15, -0.1) is 0 Å². The largest absolute Gasteiger partial charge is 0.495 e. The van der Waals surface area contributed by atoms with Crippen LogP contribution in [0.15, 0.2) is 22.7 Å². The van der Waals surface area contributed by atoms with E-state index in [0.717, 1.165) is 4.47 Å². The summed E-state index contributed by atoms with van der Waals surface area (Å²) in [5, 5.41) is 0. The fraction of sp³-hybridized carbons (Fsp3) is 0.333. The van der Waals surface area contributed by atoms with E-state index in [1.54, 1.807) is 18.2 Å². The maximum Gasteiger partial charge on any atom is 0.301 e. The third-order valence-electron chi connectivity index (χ3n) is 2.15. The Labute approximate surface area is 103 Å². The maximum absolute atomic E-state index is 11.7. The summed E-state index contributed by atoms with van der Waals surface area (Å²) in [4.78, 5) is 0. The summed E-state index contributed by atoms with van der Waals surface area (Å²) in [7, 11) is -1.91. The molecule has 1 heterocycles. The van der Waals surface area contributed by atoms with Crippen molar-refractivity contribution in [2.75, 3.05) is 24.9 Å². The van der Waals surface area contributed by atoms with Gasteiger partial charge >= 0.3 is 10.2 Å². The molecule has 1 aromatic rings. The predicted molar refractivity (Wildman–Crippen MR) is 64.8 cm³/mol. The van der Waals surface area contributed by atoms with Gasteiger partial charge < -0.3 is 4.74 Å². The zero-order valence-corrected chi connectivity index (χ0v) is 11.0. The molecule has 1 fully saturated rings. The Morgan fingerprint density at radius 3 is 2.69 bits per heavy atom. The van der Waals surface area contributed by atoms with Gasteiger partial charge in [0.2, 0.25) is 0 Å². The lowest BCUT2D eigenvalue weighted by Crippen LogP contribution is -2.21. The average molecular weight is 307 g/mol. The van der Waals surface area contributed by atoms with Gasteiger partial charge in [0, 0.05) is 17.6 Å². The number of anilines is 1. The number of methoxy groups -OCH3 is 1. The van der Waals surface area contributed by atoms with Crippen molar-refractivity contribution < 1.29 is 13.2 Å². The molecular formula is C9H11BrN2O3S. The molecule has 2 rings (SSSR count). The van der Waals surface area contributed by atoms with Crippen LogP contribution in [0.1, 0.15) is 0 Å². The van der Waals surface area contributed by atoms with Gasteiger partial charge in [-0.05, 0) is 18.2 Å². The van der Waals surface area contributed by atoms with Crippen molar-refractivity contribution in [1.29, 1.82) is 0 Å². The molecule has 0 atom stereocenters. The first kappa shape index (κ1) is 11.7. The van der Waals surface area contributed by atoms with E-state index in [4.69, 9.17) is 4.74 Å². The van der Waals surface area contributed by atoms with Crippen molar-refractivity contribution >= 4 is 31.8 Å². The van der Waals surface area contributed by atoms with Crippen molar-refractivity contribution in [2.45, 2.75) is 0 Å². The molecule has 5 nitrogen and oxygen atoms in total. The summed E-state index contributed by atoms with van der Waals surface area (Å²) >= 11 is 3.28. The van der Waals surface area contributed by atoms with E-state index >= 15 is 0 Å². The molecule has 0 radical (unpaired) electrons. The molecular weight excluding hydrogens is 296 g/mol. The zero-order chi connectivity index (χ0) is 11.8. The molecule has 1 saturated heterocycles. The van der Waals surface area contributed by atoms with E-state index < -0.39 is 10.2 Å². The van der Waals surface area contributed by atoms with Gasteiger partial charge in [-0.25, -0.2) is 0 Å². The summed E-state index contributed by atoms with van der Waals surface area (Å²) in [5.74, 6) is 0.494. The Hall–Kier alpha value is -0.790. The van der Waals surface area contributed by atoms with E-state index in [0.29, 0.717) is 24.5 Å². The van der Waals surface area contributed by atoms with Crippen LogP contribution in [-0.4, -0.2) is 32.9 Å². The number of nitrogens with zero attached hydrogens (tertiary/aromatic N) is 1. The topological polar surface area (TPSA) is 58.4 Å². The minimum Gasteiger partial charge on any atom is -0.495 e. The maximum atomic E-state index is 11.7. The second-order valence-electron chi connectivity index (χ2n) is 3.35. The van der Waals surface area contributed by atoms with Crippen LogP contribution in [0.25, 0.3) is 0 Å². The normalized spacial score (nSPS) is 15.9. The van der Waals surface area contributed by atoms with Crippen LogP contribution in [0.4, 0.5) is 5.69 Å². The lowest BCUT2D eigenvalue weighted by molar-refractivity contribution is 0.416. The molecule has 0 unspecified atom stereocenters. The molecule has 1 aliphatic heterocycles. The van der Waals surface area contributed by atoms with Gasteiger partial charge in [-0.2, -0.15) is 12.7 Å². The van der Waals surface area contributed by atoms with Gasteiger partial charge in [0.25, 0.3) is 0 Å². The highest BCUT2D eigenvalue weighted by atomic mass is 79.9. The van der Waals surface area contributed by atoms with Crippen LogP contribution in [0.2, 0.25) is 0 Å². The molecule has 1 aromatic carbocycles. The molecule has 1 N–H and O–H groups in total. The fourth-order valence-electron chi connectivity index (χ4n) is 1.24. The number of ether oxygens (including phenoxy) is 1. The van der Waals surface area contributed by atoms with Crippen LogP contribution in [0.3, 0.4) is 0 Å². The Bertz CT molecular complexity index is 499. The summed E-state index contributed by atoms with van der Waals surface area (Å²) in [5.41, 5.74) is 0.434. The number of hydrogen-bond acceptors (Lipinski definition) is 3. The Kier molecular flexibility index (Phi) is 3.09. The van der Waals surface area contributed by atoms with Gasteiger partial charge in [-0.3, -0.25) is 4.72 Å². The first-order chi connectivity index (χ1) is 7.53. The number of hydrogen-bond donors (Lipinski definition) is 1. The van der Waals surface area contributed by atoms with Crippen LogP contribution in [0.5, 0.6) is 5.75 Å². The molecule has 7 heteroatoms. The van der Waals surface area contributed by atoms with E-state index in [9.17, 15) is 8.42 Å². The number of benzene rings is 1. The summed E-state index contributed by atoms with van der Waals surface area (Å²) in [6, 6.07) is 5.15. The van der Waals surface area contributed by atoms with Crippen LogP contribution in [0, 0.1) is 0 Å². The van der Waals surface area contributed by atoms with Crippen molar-refractivity contribution in [3.8, 4) is 5.75 Å². The summed E-state index contributed by atoms with van der Waals surface area (Å²) < 4.78 is 33.1. The number of nitrogens with one attached hydrogen (secondary N) is 1. The monoisotopic (exact) mass is 306 g/mol. The summed E-state index contributed by atoms with van der Waals surface area (Å²) in [6.07, 6.45) is 0. The average Bonchev–Trinajstić information content (AvgIpc) is 3.00. The minimum absolute atomic E-state index is 0.434. The lowest BCUT2D eigenvalue weighted by Gasteiger charge is -2.11. The van der Waals surface area contributed by atoms with E-state index in [2.05, 4.69) is 20.7 Å². The highest BCUT2D eigenvalue weighted by molar-refractivity contribution is 9.10. The third-order valence-corrected chi connectivity index (χ3v) is 4.16. The van der Waals surface area contributed by atoms with Gasteiger partial charge in [0.1, 0.15) is 5.75 Å². The van der Waals surface area contributed by atoms with E-state index in [1.807, 2.05) is 0 Å². The van der Waals surface area contributed by atoms with Crippen LogP contribution >= 0.6 is 15.9 Å². The second kappa shape index (κ2) is 4.23. The first-order valence-electron chi connectivity index (χ1n) is 4.64. The van der Waals surface area contributed by atoms with E-state index in [1.165, 1.54) is 11.4 Å². The quantitative estimate of drug-likeness (QED) is 0.856. The fourth-order valence-corrected chi connectivity index (χ4v) is 2.73. The Balaban J connectivity index is 2.29. The molecule has 16 heavy (non-hydrogen) atoms. The zero-order valence-electron chi connectivity index (χ0n) is 8.60. The van der Waals surface area contributed by atoms with Crippen LogP contribution < -0.4 is 9.46 Å². The molecule has 1 aliphatic rings. The highest BCUT2D eigenvalue weighted by Gasteiger charge is 2.32.